The molecule has 0 aliphatic rings. The first-order valence-corrected chi connectivity index (χ1v) is 7.28. The molecule has 2 aromatic carbocycles. The summed E-state index contributed by atoms with van der Waals surface area (Å²) in [6.45, 7) is 1.59. The van der Waals surface area contributed by atoms with E-state index in [1.807, 2.05) is 25.1 Å². The van der Waals surface area contributed by atoms with Gasteiger partial charge in [-0.2, -0.15) is 8.78 Å². The van der Waals surface area contributed by atoms with E-state index in [0.29, 0.717) is 0 Å². The molecule has 1 N–H and O–H groups in total. The van der Waals surface area contributed by atoms with Crippen molar-refractivity contribution in [3.8, 4) is 0 Å². The maximum atomic E-state index is 14.1. The van der Waals surface area contributed by atoms with E-state index in [2.05, 4.69) is 21.2 Å². The summed E-state index contributed by atoms with van der Waals surface area (Å²) >= 11 is 3.39. The number of rotatable bonds is 5. The van der Waals surface area contributed by atoms with Crippen LogP contribution in [-0.2, 0) is 12.3 Å². The Morgan fingerprint density at radius 3 is 2.45 bits per heavy atom. The Labute approximate surface area is 126 Å². The Balaban J connectivity index is 2.12. The quantitative estimate of drug-likeness (QED) is 0.787. The molecule has 0 heterocycles. The number of alkyl halides is 2. The van der Waals surface area contributed by atoms with Gasteiger partial charge in [-0.05, 0) is 30.2 Å². The molecule has 0 fully saturated rings. The Hall–Kier alpha value is -1.42. The van der Waals surface area contributed by atoms with Crippen LogP contribution >= 0.6 is 15.9 Å². The standard InChI is InChI=1S/C16H16BrF2N/c1-2-12-10-14(17)8-9-15(12)20-11-16(18,19)13-6-4-3-5-7-13/h3-10,20H,2,11H2,1H3. The highest BCUT2D eigenvalue weighted by atomic mass is 79.9. The molecule has 0 aliphatic carbocycles. The summed E-state index contributed by atoms with van der Waals surface area (Å²) in [7, 11) is 0. The highest BCUT2D eigenvalue weighted by molar-refractivity contribution is 9.10. The summed E-state index contributed by atoms with van der Waals surface area (Å²) in [5.74, 6) is -2.89. The van der Waals surface area contributed by atoms with Crippen molar-refractivity contribution in [2.24, 2.45) is 0 Å². The Kier molecular flexibility index (Phi) is 4.76. The van der Waals surface area contributed by atoms with Crippen LogP contribution in [0.1, 0.15) is 18.1 Å². The molecule has 0 aliphatic heterocycles. The number of hydrogen-bond acceptors (Lipinski definition) is 1. The number of hydrogen-bond donors (Lipinski definition) is 1. The second kappa shape index (κ2) is 6.35. The molecule has 0 amide bonds. The van der Waals surface area contributed by atoms with Crippen molar-refractivity contribution in [3.63, 3.8) is 0 Å². The zero-order valence-electron chi connectivity index (χ0n) is 11.2. The fourth-order valence-electron chi connectivity index (χ4n) is 2.02. The molecule has 0 atom stereocenters. The number of halogens is 3. The Morgan fingerprint density at radius 2 is 1.80 bits per heavy atom. The number of nitrogens with one attached hydrogen (secondary N) is 1. The first-order chi connectivity index (χ1) is 9.53. The third-order valence-corrected chi connectivity index (χ3v) is 3.64. The van der Waals surface area contributed by atoms with Crippen LogP contribution in [0.15, 0.2) is 53.0 Å². The molecule has 0 radical (unpaired) electrons. The average Bonchev–Trinajstić information content (AvgIpc) is 2.46. The van der Waals surface area contributed by atoms with Gasteiger partial charge in [0.05, 0.1) is 6.54 Å². The van der Waals surface area contributed by atoms with Gasteiger partial charge in [-0.25, -0.2) is 0 Å². The van der Waals surface area contributed by atoms with Gasteiger partial charge in [0, 0.05) is 15.7 Å². The van der Waals surface area contributed by atoms with Crippen molar-refractivity contribution in [1.82, 2.24) is 0 Å². The third kappa shape index (κ3) is 3.57. The minimum Gasteiger partial charge on any atom is -0.378 e. The van der Waals surface area contributed by atoms with E-state index >= 15 is 0 Å². The molecule has 0 bridgehead atoms. The minimum atomic E-state index is -2.89. The first kappa shape index (κ1) is 15.0. The Bertz CT molecular complexity index is 570. The lowest BCUT2D eigenvalue weighted by Gasteiger charge is -2.19. The molecule has 20 heavy (non-hydrogen) atoms. The lowest BCUT2D eigenvalue weighted by molar-refractivity contribution is 0.0106. The van der Waals surface area contributed by atoms with Crippen molar-refractivity contribution in [2.45, 2.75) is 19.3 Å². The van der Waals surface area contributed by atoms with Gasteiger partial charge in [0.25, 0.3) is 5.92 Å². The largest absolute Gasteiger partial charge is 0.378 e. The fourth-order valence-corrected chi connectivity index (χ4v) is 2.43. The normalized spacial score (nSPS) is 11.4. The maximum Gasteiger partial charge on any atom is 0.290 e. The van der Waals surface area contributed by atoms with E-state index in [-0.39, 0.29) is 5.56 Å². The maximum absolute atomic E-state index is 14.1. The van der Waals surface area contributed by atoms with Gasteiger partial charge in [-0.1, -0.05) is 53.2 Å². The monoisotopic (exact) mass is 339 g/mol. The summed E-state index contributed by atoms with van der Waals surface area (Å²) in [6, 6.07) is 13.5. The highest BCUT2D eigenvalue weighted by Crippen LogP contribution is 2.29. The molecular formula is C16H16BrF2N. The van der Waals surface area contributed by atoms with Crippen LogP contribution in [0.5, 0.6) is 0 Å². The Morgan fingerprint density at radius 1 is 1.10 bits per heavy atom. The molecule has 106 valence electrons. The van der Waals surface area contributed by atoms with E-state index in [0.717, 1.165) is 22.1 Å². The van der Waals surface area contributed by atoms with Crippen LogP contribution in [0.2, 0.25) is 0 Å². The van der Waals surface area contributed by atoms with Crippen molar-refractivity contribution >= 4 is 21.6 Å². The molecule has 2 rings (SSSR count). The molecular weight excluding hydrogens is 324 g/mol. The van der Waals surface area contributed by atoms with E-state index in [9.17, 15) is 8.78 Å². The molecule has 0 unspecified atom stereocenters. The van der Waals surface area contributed by atoms with E-state index in [4.69, 9.17) is 0 Å². The number of aryl methyl sites for hydroxylation is 1. The minimum absolute atomic E-state index is 0.0302. The second-order valence-corrected chi connectivity index (χ2v) is 5.49. The van der Waals surface area contributed by atoms with Crippen molar-refractivity contribution < 1.29 is 8.78 Å². The zero-order valence-corrected chi connectivity index (χ0v) is 12.8. The van der Waals surface area contributed by atoms with Crippen molar-refractivity contribution in [1.29, 1.82) is 0 Å². The van der Waals surface area contributed by atoms with Gasteiger partial charge in [-0.3, -0.25) is 0 Å². The SMILES string of the molecule is CCc1cc(Br)ccc1NCC(F)(F)c1ccccc1. The number of anilines is 1. The summed E-state index contributed by atoms with van der Waals surface area (Å²) in [4.78, 5) is 0. The lowest BCUT2D eigenvalue weighted by Crippen LogP contribution is -2.25. The van der Waals surface area contributed by atoms with Crippen LogP contribution in [0.25, 0.3) is 0 Å². The molecule has 0 saturated carbocycles. The fraction of sp³-hybridized carbons (Fsp3) is 0.250. The van der Waals surface area contributed by atoms with E-state index in [1.165, 1.54) is 12.1 Å². The third-order valence-electron chi connectivity index (χ3n) is 3.15. The molecule has 4 heteroatoms. The smallest absolute Gasteiger partial charge is 0.290 e. The van der Waals surface area contributed by atoms with E-state index < -0.39 is 12.5 Å². The predicted molar refractivity (Wildman–Crippen MR) is 82.3 cm³/mol. The van der Waals surface area contributed by atoms with Crippen LogP contribution in [0.3, 0.4) is 0 Å². The van der Waals surface area contributed by atoms with Gasteiger partial charge in [0.1, 0.15) is 0 Å². The topological polar surface area (TPSA) is 12.0 Å². The highest BCUT2D eigenvalue weighted by Gasteiger charge is 2.31. The van der Waals surface area contributed by atoms with Crippen LogP contribution < -0.4 is 5.32 Å². The van der Waals surface area contributed by atoms with E-state index in [1.54, 1.807) is 18.2 Å². The van der Waals surface area contributed by atoms with Crippen molar-refractivity contribution in [2.75, 3.05) is 11.9 Å². The van der Waals surface area contributed by atoms with Crippen LogP contribution in [0.4, 0.5) is 14.5 Å². The lowest BCUT2D eigenvalue weighted by atomic mass is 10.1. The number of benzene rings is 2. The van der Waals surface area contributed by atoms with Gasteiger partial charge < -0.3 is 5.32 Å². The van der Waals surface area contributed by atoms with Gasteiger partial charge in [-0.15, -0.1) is 0 Å². The molecule has 0 spiro atoms. The summed E-state index contributed by atoms with van der Waals surface area (Å²) in [5, 5.41) is 2.86. The average molecular weight is 340 g/mol. The molecule has 0 aromatic heterocycles. The van der Waals surface area contributed by atoms with Crippen LogP contribution in [-0.4, -0.2) is 6.54 Å². The summed E-state index contributed by atoms with van der Waals surface area (Å²) < 4.78 is 29.1. The first-order valence-electron chi connectivity index (χ1n) is 6.48. The predicted octanol–water partition coefficient (Wildman–Crippen LogP) is 5.22. The van der Waals surface area contributed by atoms with Crippen LogP contribution in [0, 0.1) is 0 Å². The molecule has 2 aromatic rings. The zero-order chi connectivity index (χ0) is 14.6. The molecule has 1 nitrogen and oxygen atoms in total. The summed E-state index contributed by atoms with van der Waals surface area (Å²) in [5.41, 5.74) is 1.80. The summed E-state index contributed by atoms with van der Waals surface area (Å²) in [6.07, 6.45) is 0.790. The van der Waals surface area contributed by atoms with Gasteiger partial charge >= 0.3 is 0 Å². The van der Waals surface area contributed by atoms with Gasteiger partial charge in [0.15, 0.2) is 0 Å². The molecule has 0 saturated heterocycles. The second-order valence-electron chi connectivity index (χ2n) is 4.58. The van der Waals surface area contributed by atoms with Gasteiger partial charge in [0.2, 0.25) is 0 Å². The van der Waals surface area contributed by atoms with Crippen molar-refractivity contribution in [3.05, 3.63) is 64.1 Å².